The van der Waals surface area contributed by atoms with Gasteiger partial charge in [-0.2, -0.15) is 0 Å². The zero-order valence-corrected chi connectivity index (χ0v) is 16.4. The van der Waals surface area contributed by atoms with Crippen molar-refractivity contribution in [3.8, 4) is 0 Å². The largest absolute Gasteiger partial charge is 0.379 e. The van der Waals surface area contributed by atoms with E-state index in [1.54, 1.807) is 34.1 Å². The van der Waals surface area contributed by atoms with Crippen LogP contribution in [0.4, 0.5) is 15.8 Å². The zero-order valence-electron chi connectivity index (χ0n) is 16.4. The van der Waals surface area contributed by atoms with Crippen molar-refractivity contribution in [3.05, 3.63) is 70.0 Å². The summed E-state index contributed by atoms with van der Waals surface area (Å²) in [5, 5.41) is 14.0. The average molecular weight is 414 g/mol. The molecule has 1 saturated heterocycles. The second kappa shape index (κ2) is 9.82. The van der Waals surface area contributed by atoms with Gasteiger partial charge in [-0.05, 0) is 24.6 Å². The minimum Gasteiger partial charge on any atom is -0.379 e. The average Bonchev–Trinajstić information content (AvgIpc) is 3.00. The number of carbonyl (C=O) groups is 2. The maximum absolute atomic E-state index is 13.9. The molecule has 1 N–H and O–H groups in total. The number of hydrogen-bond donors (Lipinski definition) is 1. The highest BCUT2D eigenvalue weighted by Crippen LogP contribution is 2.23. The van der Waals surface area contributed by atoms with E-state index in [-0.39, 0.29) is 36.0 Å². The van der Waals surface area contributed by atoms with Crippen LogP contribution in [0.15, 0.2) is 48.5 Å². The lowest BCUT2D eigenvalue weighted by Crippen LogP contribution is -2.38. The molecule has 0 unspecified atom stereocenters. The van der Waals surface area contributed by atoms with Gasteiger partial charge < -0.3 is 15.1 Å². The van der Waals surface area contributed by atoms with Gasteiger partial charge in [0.25, 0.3) is 11.6 Å². The minimum absolute atomic E-state index is 0.0333. The van der Waals surface area contributed by atoms with Gasteiger partial charge in [0.2, 0.25) is 5.91 Å². The lowest BCUT2D eigenvalue weighted by Gasteiger charge is -2.22. The molecule has 0 bridgehead atoms. The van der Waals surface area contributed by atoms with E-state index in [2.05, 4.69) is 5.32 Å². The summed E-state index contributed by atoms with van der Waals surface area (Å²) in [6, 6.07) is 12.1. The van der Waals surface area contributed by atoms with Crippen LogP contribution in [0.5, 0.6) is 0 Å². The van der Waals surface area contributed by atoms with E-state index in [1.165, 1.54) is 24.3 Å². The maximum atomic E-state index is 13.9. The first-order chi connectivity index (χ1) is 14.5. The number of anilines is 1. The number of nitro benzene ring substituents is 1. The molecule has 0 aromatic heterocycles. The molecule has 1 aliphatic rings. The topological polar surface area (TPSA) is 95.8 Å². The highest BCUT2D eigenvalue weighted by atomic mass is 19.1. The number of benzene rings is 2. The Morgan fingerprint density at radius 1 is 1.00 bits per heavy atom. The molecule has 3 rings (SSSR count). The SMILES string of the molecule is O=C(CCNc1ccccc1[N+](=O)[O-])N1CCCN(C(=O)c2ccccc2F)CC1. The van der Waals surface area contributed by atoms with Gasteiger partial charge in [0.15, 0.2) is 0 Å². The predicted octanol–water partition coefficient (Wildman–Crippen LogP) is 2.91. The zero-order chi connectivity index (χ0) is 21.5. The Morgan fingerprint density at radius 2 is 1.67 bits per heavy atom. The van der Waals surface area contributed by atoms with Crippen molar-refractivity contribution < 1.29 is 18.9 Å². The molecule has 2 aromatic rings. The molecule has 9 heteroatoms. The highest BCUT2D eigenvalue weighted by molar-refractivity contribution is 5.94. The molecule has 0 spiro atoms. The van der Waals surface area contributed by atoms with Gasteiger partial charge in [0, 0.05) is 45.2 Å². The van der Waals surface area contributed by atoms with Crippen LogP contribution < -0.4 is 5.32 Å². The Morgan fingerprint density at radius 3 is 2.43 bits per heavy atom. The van der Waals surface area contributed by atoms with Gasteiger partial charge in [0.1, 0.15) is 11.5 Å². The number of halogens is 1. The summed E-state index contributed by atoms with van der Waals surface area (Å²) in [7, 11) is 0. The summed E-state index contributed by atoms with van der Waals surface area (Å²) in [6.45, 7) is 1.91. The first-order valence-corrected chi connectivity index (χ1v) is 9.76. The summed E-state index contributed by atoms with van der Waals surface area (Å²) >= 11 is 0. The number of hydrogen-bond acceptors (Lipinski definition) is 5. The highest BCUT2D eigenvalue weighted by Gasteiger charge is 2.24. The van der Waals surface area contributed by atoms with Crippen molar-refractivity contribution in [2.45, 2.75) is 12.8 Å². The molecule has 30 heavy (non-hydrogen) atoms. The Hall–Kier alpha value is -3.49. The molecule has 158 valence electrons. The molecular weight excluding hydrogens is 391 g/mol. The molecule has 0 aliphatic carbocycles. The smallest absolute Gasteiger partial charge is 0.292 e. The number of nitrogens with zero attached hydrogens (tertiary/aromatic N) is 3. The lowest BCUT2D eigenvalue weighted by molar-refractivity contribution is -0.384. The fourth-order valence-corrected chi connectivity index (χ4v) is 3.42. The third kappa shape index (κ3) is 5.11. The minimum atomic E-state index is -0.555. The quantitative estimate of drug-likeness (QED) is 0.579. The predicted molar refractivity (Wildman–Crippen MR) is 110 cm³/mol. The maximum Gasteiger partial charge on any atom is 0.292 e. The Labute approximate surface area is 173 Å². The van der Waals surface area contributed by atoms with E-state index in [0.717, 1.165) is 0 Å². The normalized spacial score (nSPS) is 14.2. The molecule has 8 nitrogen and oxygen atoms in total. The number of amides is 2. The lowest BCUT2D eigenvalue weighted by atomic mass is 10.2. The Bertz CT molecular complexity index is 937. The van der Waals surface area contributed by atoms with Crippen LogP contribution in [0, 0.1) is 15.9 Å². The first kappa shape index (κ1) is 21.2. The first-order valence-electron chi connectivity index (χ1n) is 9.76. The van der Waals surface area contributed by atoms with Gasteiger partial charge in [-0.3, -0.25) is 19.7 Å². The van der Waals surface area contributed by atoms with Crippen LogP contribution in [0.1, 0.15) is 23.2 Å². The fraction of sp³-hybridized carbons (Fsp3) is 0.333. The third-order valence-electron chi connectivity index (χ3n) is 5.00. The van der Waals surface area contributed by atoms with Crippen molar-refractivity contribution in [1.82, 2.24) is 9.80 Å². The summed E-state index contributed by atoms with van der Waals surface area (Å²) in [6.07, 6.45) is 0.775. The number of para-hydroxylation sites is 2. The van der Waals surface area contributed by atoms with Crippen LogP contribution in [0.3, 0.4) is 0 Å². The van der Waals surface area contributed by atoms with Crippen molar-refractivity contribution in [1.29, 1.82) is 0 Å². The van der Waals surface area contributed by atoms with Crippen molar-refractivity contribution >= 4 is 23.2 Å². The van der Waals surface area contributed by atoms with E-state index < -0.39 is 10.7 Å². The third-order valence-corrected chi connectivity index (χ3v) is 5.00. The summed E-state index contributed by atoms with van der Waals surface area (Å²) in [5.41, 5.74) is 0.362. The van der Waals surface area contributed by atoms with E-state index in [9.17, 15) is 24.1 Å². The molecule has 0 atom stereocenters. The van der Waals surface area contributed by atoms with E-state index in [4.69, 9.17) is 0 Å². The molecule has 1 heterocycles. The van der Waals surface area contributed by atoms with Crippen molar-refractivity contribution in [2.75, 3.05) is 38.0 Å². The number of nitrogens with one attached hydrogen (secondary N) is 1. The summed E-state index contributed by atoms with van der Waals surface area (Å²) in [4.78, 5) is 39.0. The summed E-state index contributed by atoms with van der Waals surface area (Å²) in [5.74, 6) is -1.03. The Kier molecular flexibility index (Phi) is 6.95. The van der Waals surface area contributed by atoms with Gasteiger partial charge in [-0.1, -0.05) is 24.3 Å². The van der Waals surface area contributed by atoms with Crippen LogP contribution in [-0.4, -0.2) is 59.3 Å². The number of rotatable bonds is 6. The molecule has 1 fully saturated rings. The number of nitro groups is 1. The van der Waals surface area contributed by atoms with Crippen LogP contribution in [0.2, 0.25) is 0 Å². The van der Waals surface area contributed by atoms with Crippen LogP contribution in [-0.2, 0) is 4.79 Å². The molecule has 2 aromatic carbocycles. The van der Waals surface area contributed by atoms with Gasteiger partial charge in [-0.15, -0.1) is 0 Å². The van der Waals surface area contributed by atoms with Crippen LogP contribution in [0.25, 0.3) is 0 Å². The molecular formula is C21H23FN4O4. The van der Waals surface area contributed by atoms with Crippen molar-refractivity contribution in [3.63, 3.8) is 0 Å². The second-order valence-electron chi connectivity index (χ2n) is 6.96. The van der Waals surface area contributed by atoms with Crippen molar-refractivity contribution in [2.24, 2.45) is 0 Å². The van der Waals surface area contributed by atoms with Gasteiger partial charge in [0.05, 0.1) is 10.5 Å². The monoisotopic (exact) mass is 414 g/mol. The van der Waals surface area contributed by atoms with E-state index in [1.807, 2.05) is 0 Å². The molecule has 0 saturated carbocycles. The van der Waals surface area contributed by atoms with Gasteiger partial charge in [-0.25, -0.2) is 4.39 Å². The fourth-order valence-electron chi connectivity index (χ4n) is 3.42. The number of carbonyl (C=O) groups excluding carboxylic acids is 2. The second-order valence-corrected chi connectivity index (χ2v) is 6.96. The Balaban J connectivity index is 1.52. The molecule has 1 aliphatic heterocycles. The summed E-state index contributed by atoms with van der Waals surface area (Å²) < 4.78 is 13.9. The molecule has 2 amide bonds. The van der Waals surface area contributed by atoms with Crippen LogP contribution >= 0.6 is 0 Å². The van der Waals surface area contributed by atoms with E-state index >= 15 is 0 Å². The molecule has 0 radical (unpaired) electrons. The van der Waals surface area contributed by atoms with Gasteiger partial charge >= 0.3 is 0 Å². The van der Waals surface area contributed by atoms with E-state index in [0.29, 0.717) is 38.3 Å². The standard InChI is InChI=1S/C21H23FN4O4/c22-17-7-2-1-6-16(17)21(28)25-13-5-12-24(14-15-25)20(27)10-11-23-18-8-3-4-9-19(18)26(29)30/h1-4,6-9,23H,5,10-15H2.